The highest BCUT2D eigenvalue weighted by atomic mass is 16.2. The van der Waals surface area contributed by atoms with Gasteiger partial charge in [-0.25, -0.2) is 4.90 Å². The molecule has 3 amide bonds. The molecule has 70 valence electrons. The zero-order chi connectivity index (χ0) is 9.84. The van der Waals surface area contributed by atoms with Crippen molar-refractivity contribution in [3.63, 3.8) is 0 Å². The minimum Gasteiger partial charge on any atom is -0.274 e. The first kappa shape index (κ1) is 9.96. The van der Waals surface area contributed by atoms with E-state index in [1.54, 1.807) is 0 Å². The molecule has 1 heterocycles. The molecule has 0 N–H and O–H groups in total. The number of imide groups is 3. The standard InChI is InChI=1S/C8H12BNO3/c1-9-5-4-8(13)10-6(11)2-3-7(10)12/h9H,2-5H2,1H3. The third kappa shape index (κ3) is 2.17. The molecule has 0 saturated carbocycles. The van der Waals surface area contributed by atoms with E-state index < -0.39 is 0 Å². The second-order valence-electron chi connectivity index (χ2n) is 3.12. The van der Waals surface area contributed by atoms with E-state index in [9.17, 15) is 14.4 Å². The SMILES string of the molecule is CBCCC(=O)N1C(=O)CCC1=O. The zero-order valence-corrected chi connectivity index (χ0v) is 7.71. The van der Waals surface area contributed by atoms with Crippen LogP contribution >= 0.6 is 0 Å². The fraction of sp³-hybridized carbons (Fsp3) is 0.625. The molecule has 0 aliphatic carbocycles. The van der Waals surface area contributed by atoms with Crippen molar-refractivity contribution in [1.82, 2.24) is 4.90 Å². The lowest BCUT2D eigenvalue weighted by atomic mass is 9.77. The molecule has 0 spiro atoms. The Morgan fingerprint density at radius 3 is 2.38 bits per heavy atom. The van der Waals surface area contributed by atoms with Crippen LogP contribution in [0.3, 0.4) is 0 Å². The molecule has 4 nitrogen and oxygen atoms in total. The lowest BCUT2D eigenvalue weighted by Crippen LogP contribution is -2.35. The highest BCUT2D eigenvalue weighted by molar-refractivity contribution is 6.34. The zero-order valence-electron chi connectivity index (χ0n) is 7.71. The lowest BCUT2D eigenvalue weighted by Gasteiger charge is -2.10. The van der Waals surface area contributed by atoms with Crippen LogP contribution in [0, 0.1) is 0 Å². The average Bonchev–Trinajstić information content (AvgIpc) is 2.42. The van der Waals surface area contributed by atoms with Crippen LogP contribution < -0.4 is 0 Å². The summed E-state index contributed by atoms with van der Waals surface area (Å²) in [6, 6.07) is 0. The number of rotatable bonds is 3. The minimum atomic E-state index is -0.342. The van der Waals surface area contributed by atoms with Gasteiger partial charge in [-0.1, -0.05) is 13.1 Å². The summed E-state index contributed by atoms with van der Waals surface area (Å²) in [6.45, 7) is 1.96. The van der Waals surface area contributed by atoms with Crippen molar-refractivity contribution in [3.05, 3.63) is 0 Å². The Bertz CT molecular complexity index is 236. The summed E-state index contributed by atoms with van der Waals surface area (Å²) < 4.78 is 0. The van der Waals surface area contributed by atoms with Crippen LogP contribution in [0.15, 0.2) is 0 Å². The van der Waals surface area contributed by atoms with E-state index in [-0.39, 0.29) is 30.6 Å². The van der Waals surface area contributed by atoms with Crippen LogP contribution in [0.25, 0.3) is 0 Å². The predicted molar refractivity (Wildman–Crippen MR) is 48.5 cm³/mol. The molecule has 1 rings (SSSR count). The molecule has 1 aliphatic rings. The quantitative estimate of drug-likeness (QED) is 0.453. The van der Waals surface area contributed by atoms with Crippen molar-refractivity contribution in [2.45, 2.75) is 32.4 Å². The molecule has 1 saturated heterocycles. The van der Waals surface area contributed by atoms with Crippen molar-refractivity contribution in [2.24, 2.45) is 0 Å². The molecule has 0 radical (unpaired) electrons. The third-order valence-corrected chi connectivity index (χ3v) is 2.05. The van der Waals surface area contributed by atoms with Gasteiger partial charge in [0.2, 0.25) is 17.7 Å². The Morgan fingerprint density at radius 2 is 1.92 bits per heavy atom. The maximum Gasteiger partial charge on any atom is 0.236 e. The Hall–Kier alpha value is -1.13. The van der Waals surface area contributed by atoms with Crippen molar-refractivity contribution in [2.75, 3.05) is 0 Å². The van der Waals surface area contributed by atoms with E-state index in [4.69, 9.17) is 0 Å². The van der Waals surface area contributed by atoms with E-state index in [0.717, 1.165) is 18.5 Å². The fourth-order valence-corrected chi connectivity index (χ4v) is 1.29. The van der Waals surface area contributed by atoms with Gasteiger partial charge in [0.1, 0.15) is 7.28 Å². The van der Waals surface area contributed by atoms with Crippen LogP contribution in [-0.4, -0.2) is 29.9 Å². The van der Waals surface area contributed by atoms with Gasteiger partial charge in [0.05, 0.1) is 0 Å². The van der Waals surface area contributed by atoms with E-state index in [0.29, 0.717) is 6.42 Å². The number of hydrogen-bond acceptors (Lipinski definition) is 3. The Kier molecular flexibility index (Phi) is 3.22. The molecule has 13 heavy (non-hydrogen) atoms. The molecule has 5 heteroatoms. The van der Waals surface area contributed by atoms with Gasteiger partial charge in [0.15, 0.2) is 0 Å². The summed E-state index contributed by atoms with van der Waals surface area (Å²) in [6.07, 6.45) is 1.41. The maximum absolute atomic E-state index is 11.3. The van der Waals surface area contributed by atoms with Crippen molar-refractivity contribution >= 4 is 25.0 Å². The second kappa shape index (κ2) is 4.21. The molecular formula is C8H12BNO3. The monoisotopic (exact) mass is 181 g/mol. The van der Waals surface area contributed by atoms with E-state index >= 15 is 0 Å². The smallest absolute Gasteiger partial charge is 0.236 e. The van der Waals surface area contributed by atoms with Crippen LogP contribution in [0.4, 0.5) is 0 Å². The van der Waals surface area contributed by atoms with Crippen molar-refractivity contribution < 1.29 is 14.4 Å². The van der Waals surface area contributed by atoms with Gasteiger partial charge >= 0.3 is 0 Å². The first-order valence-corrected chi connectivity index (χ1v) is 4.55. The highest BCUT2D eigenvalue weighted by Crippen LogP contribution is 2.13. The molecule has 1 aliphatic heterocycles. The summed E-state index contributed by atoms with van der Waals surface area (Å²) in [5, 5.41) is 0. The molecule has 0 aromatic rings. The summed E-state index contributed by atoms with van der Waals surface area (Å²) in [7, 11) is 0.891. The Balaban J connectivity index is 2.54. The van der Waals surface area contributed by atoms with E-state index in [1.165, 1.54) is 0 Å². The third-order valence-electron chi connectivity index (χ3n) is 2.05. The maximum atomic E-state index is 11.3. The van der Waals surface area contributed by atoms with E-state index in [2.05, 4.69) is 0 Å². The lowest BCUT2D eigenvalue weighted by molar-refractivity contribution is -0.149. The summed E-state index contributed by atoms with van der Waals surface area (Å²) >= 11 is 0. The second-order valence-corrected chi connectivity index (χ2v) is 3.12. The van der Waals surface area contributed by atoms with Crippen LogP contribution in [-0.2, 0) is 14.4 Å². The van der Waals surface area contributed by atoms with E-state index in [1.807, 2.05) is 6.82 Å². The van der Waals surface area contributed by atoms with Crippen LogP contribution in [0.5, 0.6) is 0 Å². The topological polar surface area (TPSA) is 54.5 Å². The normalized spacial score (nSPS) is 16.5. The summed E-state index contributed by atoms with van der Waals surface area (Å²) in [5.41, 5.74) is 0. The highest BCUT2D eigenvalue weighted by Gasteiger charge is 2.33. The molecule has 0 aromatic heterocycles. The largest absolute Gasteiger partial charge is 0.274 e. The number of carbonyl (C=O) groups excluding carboxylic acids is 3. The average molecular weight is 181 g/mol. The van der Waals surface area contributed by atoms with Crippen molar-refractivity contribution in [3.8, 4) is 0 Å². The van der Waals surface area contributed by atoms with Crippen molar-refractivity contribution in [1.29, 1.82) is 0 Å². The van der Waals surface area contributed by atoms with Crippen LogP contribution in [0.2, 0.25) is 13.1 Å². The Morgan fingerprint density at radius 1 is 1.38 bits per heavy atom. The van der Waals surface area contributed by atoms with Gasteiger partial charge in [-0.05, 0) is 0 Å². The first-order chi connectivity index (χ1) is 6.16. The van der Waals surface area contributed by atoms with Gasteiger partial charge in [-0.15, -0.1) is 0 Å². The number of amides is 3. The van der Waals surface area contributed by atoms with Gasteiger partial charge in [-0.3, -0.25) is 14.4 Å². The molecule has 0 bridgehead atoms. The minimum absolute atomic E-state index is 0.191. The number of nitrogens with zero attached hydrogens (tertiary/aromatic N) is 1. The van der Waals surface area contributed by atoms with Gasteiger partial charge in [0, 0.05) is 19.3 Å². The molecule has 0 aromatic carbocycles. The number of likely N-dealkylation sites (tertiary alicyclic amines) is 1. The molecule has 0 atom stereocenters. The molecule has 1 fully saturated rings. The fourth-order valence-electron chi connectivity index (χ4n) is 1.29. The first-order valence-electron chi connectivity index (χ1n) is 4.55. The van der Waals surface area contributed by atoms with Gasteiger partial charge < -0.3 is 0 Å². The number of carbonyl (C=O) groups is 3. The van der Waals surface area contributed by atoms with Gasteiger partial charge in [-0.2, -0.15) is 0 Å². The Labute approximate surface area is 77.5 Å². The summed E-state index contributed by atoms with van der Waals surface area (Å²) in [5.74, 6) is -1.02. The molecular weight excluding hydrogens is 169 g/mol. The molecule has 0 unspecified atom stereocenters. The van der Waals surface area contributed by atoms with Gasteiger partial charge in [0.25, 0.3) is 0 Å². The van der Waals surface area contributed by atoms with Crippen LogP contribution in [0.1, 0.15) is 19.3 Å². The number of hydrogen-bond donors (Lipinski definition) is 0. The predicted octanol–water partition coefficient (Wildman–Crippen LogP) is -0.0450. The summed E-state index contributed by atoms with van der Waals surface area (Å²) in [4.78, 5) is 34.3.